The van der Waals surface area contributed by atoms with Gasteiger partial charge in [-0.05, 0) is 42.5 Å². The zero-order chi connectivity index (χ0) is 19.5. The average Bonchev–Trinajstić information content (AvgIpc) is 3.18. The Morgan fingerprint density at radius 2 is 2.04 bits per heavy atom. The van der Waals surface area contributed by atoms with Crippen molar-refractivity contribution in [2.75, 3.05) is 5.32 Å². The summed E-state index contributed by atoms with van der Waals surface area (Å²) in [5.41, 5.74) is 2.06. The van der Waals surface area contributed by atoms with Gasteiger partial charge in [-0.15, -0.1) is 0 Å². The summed E-state index contributed by atoms with van der Waals surface area (Å²) in [7, 11) is 0. The monoisotopic (exact) mass is 394 g/mol. The molecule has 0 saturated heterocycles. The molecular weight excluding hydrogens is 380 g/mol. The number of aromatic nitrogens is 3. The number of fused-ring (bicyclic) bond motifs is 1. The van der Waals surface area contributed by atoms with Gasteiger partial charge in [0.15, 0.2) is 0 Å². The summed E-state index contributed by atoms with van der Waals surface area (Å²) >= 11 is 6.37. The highest BCUT2D eigenvalue weighted by molar-refractivity contribution is 6.32. The molecule has 3 heterocycles. The molecule has 1 aromatic carbocycles. The fourth-order valence-corrected chi connectivity index (χ4v) is 3.02. The van der Waals surface area contributed by atoms with Crippen LogP contribution in [0.1, 0.15) is 16.1 Å². The molecule has 0 aliphatic heterocycles. The van der Waals surface area contributed by atoms with Crippen molar-refractivity contribution in [2.45, 2.75) is 6.54 Å². The van der Waals surface area contributed by atoms with Gasteiger partial charge in [0.25, 0.3) is 0 Å². The molecule has 3 aromatic heterocycles. The molecule has 0 radical (unpaired) electrons. The lowest BCUT2D eigenvalue weighted by atomic mass is 10.2. The number of benzene rings is 1. The maximum Gasteiger partial charge on any atom is 0.337 e. The molecule has 0 saturated carbocycles. The van der Waals surface area contributed by atoms with Crippen LogP contribution in [0.15, 0.2) is 61.1 Å². The van der Waals surface area contributed by atoms with E-state index in [9.17, 15) is 9.90 Å². The Bertz CT molecular complexity index is 1160. The Morgan fingerprint density at radius 3 is 2.86 bits per heavy atom. The Morgan fingerprint density at radius 1 is 1.14 bits per heavy atom. The Balaban J connectivity index is 1.51. The standard InChI is InChI=1S/C20H15ClN4O3/c21-15-10-12(25-11-16-13(20(26)27)2-1-7-22-16)3-4-18(15)28-17-6-9-24-19-14(17)5-8-23-19/h1-10,25H,11H2,(H,23,24)(H,26,27). The summed E-state index contributed by atoms with van der Waals surface area (Å²) in [6, 6.07) is 12.0. The van der Waals surface area contributed by atoms with Gasteiger partial charge in [-0.3, -0.25) is 4.98 Å². The van der Waals surface area contributed by atoms with E-state index in [2.05, 4.69) is 20.3 Å². The maximum atomic E-state index is 11.3. The van der Waals surface area contributed by atoms with E-state index >= 15 is 0 Å². The van der Waals surface area contributed by atoms with Crippen LogP contribution in [0.25, 0.3) is 11.0 Å². The Labute approximate surface area is 165 Å². The first-order valence-corrected chi connectivity index (χ1v) is 8.80. The normalized spacial score (nSPS) is 10.8. The highest BCUT2D eigenvalue weighted by atomic mass is 35.5. The number of hydrogen-bond donors (Lipinski definition) is 3. The van der Waals surface area contributed by atoms with E-state index in [0.29, 0.717) is 22.2 Å². The van der Waals surface area contributed by atoms with Gasteiger partial charge < -0.3 is 20.1 Å². The van der Waals surface area contributed by atoms with Crippen LogP contribution in [-0.2, 0) is 6.54 Å². The van der Waals surface area contributed by atoms with Gasteiger partial charge in [0.05, 0.1) is 28.2 Å². The molecule has 0 atom stereocenters. The van der Waals surface area contributed by atoms with Gasteiger partial charge >= 0.3 is 5.97 Å². The van der Waals surface area contributed by atoms with E-state index in [0.717, 1.165) is 16.7 Å². The summed E-state index contributed by atoms with van der Waals surface area (Å²) in [5, 5.41) is 13.6. The topological polar surface area (TPSA) is 100 Å². The first-order chi connectivity index (χ1) is 13.6. The molecule has 0 aliphatic carbocycles. The quantitative estimate of drug-likeness (QED) is 0.437. The third-order valence-corrected chi connectivity index (χ3v) is 4.45. The van der Waals surface area contributed by atoms with Crippen molar-refractivity contribution in [2.24, 2.45) is 0 Å². The number of halogens is 1. The third kappa shape index (κ3) is 3.60. The average molecular weight is 395 g/mol. The maximum absolute atomic E-state index is 11.3. The van der Waals surface area contributed by atoms with Gasteiger partial charge in [0.2, 0.25) is 0 Å². The number of H-pyrrole nitrogens is 1. The van der Waals surface area contributed by atoms with Crippen molar-refractivity contribution < 1.29 is 14.6 Å². The molecule has 0 aliphatic rings. The smallest absolute Gasteiger partial charge is 0.337 e. The molecule has 0 unspecified atom stereocenters. The zero-order valence-electron chi connectivity index (χ0n) is 14.5. The van der Waals surface area contributed by atoms with Crippen LogP contribution < -0.4 is 10.1 Å². The fraction of sp³-hybridized carbons (Fsp3) is 0.0500. The van der Waals surface area contributed by atoms with E-state index in [1.165, 1.54) is 6.07 Å². The zero-order valence-corrected chi connectivity index (χ0v) is 15.3. The molecule has 140 valence electrons. The van der Waals surface area contributed by atoms with Crippen molar-refractivity contribution >= 4 is 34.3 Å². The lowest BCUT2D eigenvalue weighted by Gasteiger charge is -2.12. The first kappa shape index (κ1) is 17.8. The minimum Gasteiger partial charge on any atom is -0.478 e. The predicted molar refractivity (Wildman–Crippen MR) is 106 cm³/mol. The number of carbonyl (C=O) groups is 1. The number of anilines is 1. The molecule has 4 aromatic rings. The number of nitrogens with zero attached hydrogens (tertiary/aromatic N) is 2. The predicted octanol–water partition coefficient (Wildman–Crippen LogP) is 4.71. The number of pyridine rings is 2. The molecule has 7 nitrogen and oxygen atoms in total. The largest absolute Gasteiger partial charge is 0.478 e. The van der Waals surface area contributed by atoms with Crippen molar-refractivity contribution in [3.63, 3.8) is 0 Å². The lowest BCUT2D eigenvalue weighted by Crippen LogP contribution is -2.09. The molecule has 0 bridgehead atoms. The number of rotatable bonds is 6. The van der Waals surface area contributed by atoms with Gasteiger partial charge in [-0.2, -0.15) is 0 Å². The minimum atomic E-state index is -1.01. The number of hydrogen-bond acceptors (Lipinski definition) is 5. The molecule has 0 amide bonds. The second kappa shape index (κ2) is 7.58. The molecule has 0 spiro atoms. The summed E-state index contributed by atoms with van der Waals surface area (Å²) in [6.45, 7) is 0.257. The highest BCUT2D eigenvalue weighted by Crippen LogP contribution is 2.34. The summed E-state index contributed by atoms with van der Waals surface area (Å²) in [5.74, 6) is 0.138. The number of ether oxygens (including phenoxy) is 1. The summed E-state index contributed by atoms with van der Waals surface area (Å²) in [6.07, 6.45) is 5.01. The van der Waals surface area contributed by atoms with E-state index in [-0.39, 0.29) is 12.1 Å². The number of aromatic carboxylic acids is 1. The molecule has 3 N–H and O–H groups in total. The van der Waals surface area contributed by atoms with Crippen LogP contribution in [0.3, 0.4) is 0 Å². The van der Waals surface area contributed by atoms with Crippen molar-refractivity contribution in [3.8, 4) is 11.5 Å². The molecule has 28 heavy (non-hydrogen) atoms. The Kier molecular flexibility index (Phi) is 4.82. The molecular formula is C20H15ClN4O3. The van der Waals surface area contributed by atoms with Crippen LogP contribution in [0.4, 0.5) is 5.69 Å². The number of carboxylic acids is 1. The van der Waals surface area contributed by atoms with Gasteiger partial charge in [0.1, 0.15) is 17.1 Å². The third-order valence-electron chi connectivity index (χ3n) is 4.15. The van der Waals surface area contributed by atoms with Crippen LogP contribution in [0, 0.1) is 0 Å². The van der Waals surface area contributed by atoms with Crippen LogP contribution in [0.2, 0.25) is 5.02 Å². The summed E-state index contributed by atoms with van der Waals surface area (Å²) < 4.78 is 5.94. The number of nitrogens with one attached hydrogen (secondary N) is 2. The highest BCUT2D eigenvalue weighted by Gasteiger charge is 2.12. The molecule has 4 rings (SSSR count). The van der Waals surface area contributed by atoms with Crippen molar-refractivity contribution in [1.29, 1.82) is 0 Å². The van der Waals surface area contributed by atoms with E-state index in [4.69, 9.17) is 16.3 Å². The van der Waals surface area contributed by atoms with Crippen LogP contribution >= 0.6 is 11.6 Å². The lowest BCUT2D eigenvalue weighted by molar-refractivity contribution is 0.0695. The van der Waals surface area contributed by atoms with E-state index in [1.807, 2.05) is 6.07 Å². The minimum absolute atomic E-state index is 0.161. The molecule has 8 heteroatoms. The van der Waals surface area contributed by atoms with Gasteiger partial charge in [-0.1, -0.05) is 11.6 Å². The first-order valence-electron chi connectivity index (χ1n) is 8.42. The number of carboxylic acid groups (broad SMARTS) is 1. The number of aromatic amines is 1. The van der Waals surface area contributed by atoms with Crippen molar-refractivity contribution in [3.05, 3.63) is 77.3 Å². The summed E-state index contributed by atoms with van der Waals surface area (Å²) in [4.78, 5) is 22.7. The fourth-order valence-electron chi connectivity index (χ4n) is 2.80. The van der Waals surface area contributed by atoms with Crippen LogP contribution in [-0.4, -0.2) is 26.0 Å². The molecule has 0 fully saturated rings. The van der Waals surface area contributed by atoms with Gasteiger partial charge in [-0.25, -0.2) is 9.78 Å². The van der Waals surface area contributed by atoms with E-state index in [1.54, 1.807) is 48.9 Å². The van der Waals surface area contributed by atoms with Crippen LogP contribution in [0.5, 0.6) is 11.5 Å². The Hall–Kier alpha value is -3.58. The second-order valence-electron chi connectivity index (χ2n) is 5.95. The SMILES string of the molecule is O=C(O)c1cccnc1CNc1ccc(Oc2ccnc3[nH]ccc23)c(Cl)c1. The van der Waals surface area contributed by atoms with Crippen molar-refractivity contribution in [1.82, 2.24) is 15.0 Å². The second-order valence-corrected chi connectivity index (χ2v) is 6.36. The van der Waals surface area contributed by atoms with E-state index < -0.39 is 5.97 Å². The van der Waals surface area contributed by atoms with Gasteiger partial charge in [0, 0.05) is 24.3 Å².